The lowest BCUT2D eigenvalue weighted by Crippen LogP contribution is -2.06. The quantitative estimate of drug-likeness (QED) is 0.729. The van der Waals surface area contributed by atoms with Crippen LogP contribution >= 0.6 is 11.6 Å². The van der Waals surface area contributed by atoms with Gasteiger partial charge in [0.1, 0.15) is 5.52 Å². The Balaban J connectivity index is 0.00000176. The Labute approximate surface area is 132 Å². The molecule has 1 atom stereocenters. The van der Waals surface area contributed by atoms with Gasteiger partial charge < -0.3 is 15.7 Å². The van der Waals surface area contributed by atoms with Crippen molar-refractivity contribution in [2.75, 3.05) is 0 Å². The number of benzene rings is 2. The van der Waals surface area contributed by atoms with E-state index in [1.165, 1.54) is 0 Å². The largest absolute Gasteiger partial charge is 0.481 e. The number of oxazole rings is 1. The van der Waals surface area contributed by atoms with Gasteiger partial charge in [-0.15, -0.1) is 0 Å². The normalized spacial score (nSPS) is 11.9. The molecule has 1 heterocycles. The van der Waals surface area contributed by atoms with Gasteiger partial charge in [0.05, 0.1) is 5.92 Å². The number of carboxylic acids is 1. The van der Waals surface area contributed by atoms with Gasteiger partial charge in [0, 0.05) is 10.6 Å². The molecule has 0 spiro atoms. The molecule has 0 fully saturated rings. The van der Waals surface area contributed by atoms with Crippen LogP contribution in [0.1, 0.15) is 18.4 Å². The standard InChI is InChI=1S/C16H12ClNO3.H3N/c1-9(16(19)20)11-4-7-14-13(8-11)18-15(21-14)10-2-5-12(17)6-3-10;/h2-9H,1H3,(H,19,20);1H3/p+1. The number of hydrogen-bond acceptors (Lipinski definition) is 3. The monoisotopic (exact) mass is 319 g/mol. The van der Waals surface area contributed by atoms with Gasteiger partial charge in [-0.05, 0) is 48.9 Å². The first kappa shape index (κ1) is 16.0. The number of hydrogen-bond donors (Lipinski definition) is 2. The Morgan fingerprint density at radius 3 is 2.55 bits per heavy atom. The molecule has 0 radical (unpaired) electrons. The van der Waals surface area contributed by atoms with Crippen molar-refractivity contribution < 1.29 is 14.3 Å². The van der Waals surface area contributed by atoms with Crippen LogP contribution in [0.25, 0.3) is 22.6 Å². The van der Waals surface area contributed by atoms with Crippen LogP contribution in [0.3, 0.4) is 0 Å². The minimum Gasteiger partial charge on any atom is -0.481 e. The Morgan fingerprint density at radius 1 is 1.23 bits per heavy atom. The molecule has 114 valence electrons. The fraction of sp³-hybridized carbons (Fsp3) is 0.125. The number of aromatic nitrogens is 1. The molecule has 0 aliphatic heterocycles. The van der Waals surface area contributed by atoms with Gasteiger partial charge in [-0.2, -0.15) is 0 Å². The Hall–Kier alpha value is -2.37. The number of carboxylic acid groups (broad SMARTS) is 1. The van der Waals surface area contributed by atoms with Crippen molar-refractivity contribution in [3.63, 3.8) is 0 Å². The van der Waals surface area contributed by atoms with Crippen LogP contribution in [0.15, 0.2) is 46.9 Å². The number of fused-ring (bicyclic) bond motifs is 1. The average Bonchev–Trinajstić information content (AvgIpc) is 2.89. The van der Waals surface area contributed by atoms with E-state index >= 15 is 0 Å². The third kappa shape index (κ3) is 2.95. The van der Waals surface area contributed by atoms with E-state index in [1.807, 2.05) is 12.1 Å². The fourth-order valence-electron chi connectivity index (χ4n) is 2.07. The van der Waals surface area contributed by atoms with Crippen molar-refractivity contribution in [3.8, 4) is 11.5 Å². The van der Waals surface area contributed by atoms with Crippen molar-refractivity contribution in [1.82, 2.24) is 11.1 Å². The van der Waals surface area contributed by atoms with Crippen LogP contribution in [-0.2, 0) is 4.79 Å². The van der Waals surface area contributed by atoms with Gasteiger partial charge in [0.2, 0.25) is 5.89 Å². The molecule has 0 aliphatic carbocycles. The maximum atomic E-state index is 11.0. The van der Waals surface area contributed by atoms with Crippen LogP contribution in [0, 0.1) is 0 Å². The van der Waals surface area contributed by atoms with Crippen molar-refractivity contribution in [2.45, 2.75) is 12.8 Å². The number of carbonyl (C=O) groups is 1. The lowest BCUT2D eigenvalue weighted by Gasteiger charge is -2.04. The van der Waals surface area contributed by atoms with Gasteiger partial charge in [0.25, 0.3) is 0 Å². The summed E-state index contributed by atoms with van der Waals surface area (Å²) in [6.07, 6.45) is 0. The summed E-state index contributed by atoms with van der Waals surface area (Å²) in [4.78, 5) is 15.5. The van der Waals surface area contributed by atoms with Gasteiger partial charge in [-0.25, -0.2) is 4.98 Å². The number of aliphatic carboxylic acids is 1. The topological polar surface area (TPSA) is 99.8 Å². The van der Waals surface area contributed by atoms with Crippen molar-refractivity contribution in [3.05, 3.63) is 53.1 Å². The van der Waals surface area contributed by atoms with E-state index in [2.05, 4.69) is 4.98 Å². The molecule has 3 aromatic rings. The van der Waals surface area contributed by atoms with Crippen LogP contribution in [0.4, 0.5) is 0 Å². The van der Waals surface area contributed by atoms with Crippen molar-refractivity contribution in [2.24, 2.45) is 0 Å². The molecule has 22 heavy (non-hydrogen) atoms. The van der Waals surface area contributed by atoms with Crippen LogP contribution in [-0.4, -0.2) is 16.1 Å². The van der Waals surface area contributed by atoms with Gasteiger partial charge in [-0.3, -0.25) is 4.79 Å². The third-order valence-corrected chi connectivity index (χ3v) is 3.63. The van der Waals surface area contributed by atoms with Crippen LogP contribution in [0.5, 0.6) is 0 Å². The summed E-state index contributed by atoms with van der Waals surface area (Å²) in [5.41, 5.74) is 2.79. The minimum absolute atomic E-state index is 0. The van der Waals surface area contributed by atoms with Gasteiger partial charge in [0.15, 0.2) is 5.58 Å². The summed E-state index contributed by atoms with van der Waals surface area (Å²) in [7, 11) is 0. The van der Waals surface area contributed by atoms with E-state index in [1.54, 1.807) is 37.3 Å². The molecule has 2 aromatic carbocycles. The SMILES string of the molecule is CC(C(=O)O)c1ccc2oc(-c3ccc(Cl)cc3)nc2c1.[NH4+]. The summed E-state index contributed by atoms with van der Waals surface area (Å²) in [6.45, 7) is 1.64. The summed E-state index contributed by atoms with van der Waals surface area (Å²) in [6, 6.07) is 12.4. The highest BCUT2D eigenvalue weighted by molar-refractivity contribution is 6.30. The molecule has 5 N–H and O–H groups in total. The summed E-state index contributed by atoms with van der Waals surface area (Å²) < 4.78 is 5.69. The zero-order chi connectivity index (χ0) is 15.0. The number of nitrogens with zero attached hydrogens (tertiary/aromatic N) is 1. The highest BCUT2D eigenvalue weighted by Gasteiger charge is 2.16. The Bertz CT molecular complexity index is 812. The first-order chi connectivity index (χ1) is 10.0. The van der Waals surface area contributed by atoms with E-state index in [0.717, 1.165) is 5.56 Å². The highest BCUT2D eigenvalue weighted by Crippen LogP contribution is 2.27. The third-order valence-electron chi connectivity index (χ3n) is 3.37. The van der Waals surface area contributed by atoms with E-state index in [-0.39, 0.29) is 6.15 Å². The molecule has 6 heteroatoms. The molecule has 0 saturated heterocycles. The highest BCUT2D eigenvalue weighted by atomic mass is 35.5. The average molecular weight is 320 g/mol. The summed E-state index contributed by atoms with van der Waals surface area (Å²) in [5, 5.41) is 9.71. The zero-order valence-corrected chi connectivity index (χ0v) is 13.0. The lowest BCUT2D eigenvalue weighted by molar-refractivity contribution is -0.138. The number of quaternary nitrogens is 1. The van der Waals surface area contributed by atoms with Crippen LogP contribution in [0.2, 0.25) is 5.02 Å². The number of halogens is 1. The Morgan fingerprint density at radius 2 is 1.91 bits per heavy atom. The molecule has 0 bridgehead atoms. The van der Waals surface area contributed by atoms with Gasteiger partial charge in [-0.1, -0.05) is 17.7 Å². The lowest BCUT2D eigenvalue weighted by atomic mass is 10.0. The molecule has 1 aromatic heterocycles. The second-order valence-electron chi connectivity index (χ2n) is 4.81. The molecule has 5 nitrogen and oxygen atoms in total. The van der Waals surface area contributed by atoms with Gasteiger partial charge >= 0.3 is 5.97 Å². The molecular formula is C16H16ClN2O3+. The molecule has 0 aliphatic rings. The minimum atomic E-state index is -0.865. The number of rotatable bonds is 3. The summed E-state index contributed by atoms with van der Waals surface area (Å²) >= 11 is 5.86. The predicted molar refractivity (Wildman–Crippen MR) is 86.5 cm³/mol. The second-order valence-corrected chi connectivity index (χ2v) is 5.25. The molecular weight excluding hydrogens is 304 g/mol. The second kappa shape index (κ2) is 6.17. The molecule has 1 unspecified atom stereocenters. The molecule has 3 rings (SSSR count). The van der Waals surface area contributed by atoms with Crippen molar-refractivity contribution >= 4 is 28.7 Å². The first-order valence-electron chi connectivity index (χ1n) is 6.44. The fourth-order valence-corrected chi connectivity index (χ4v) is 2.20. The maximum Gasteiger partial charge on any atom is 0.310 e. The van der Waals surface area contributed by atoms with Crippen molar-refractivity contribution in [1.29, 1.82) is 0 Å². The molecule has 0 amide bonds. The predicted octanol–water partition coefficient (Wildman–Crippen LogP) is 4.71. The van der Waals surface area contributed by atoms with E-state index in [4.69, 9.17) is 21.1 Å². The smallest absolute Gasteiger partial charge is 0.310 e. The Kier molecular flexibility index (Phi) is 4.49. The zero-order valence-electron chi connectivity index (χ0n) is 12.2. The van der Waals surface area contributed by atoms with E-state index in [0.29, 0.717) is 27.6 Å². The van der Waals surface area contributed by atoms with Crippen LogP contribution < -0.4 is 6.15 Å². The van der Waals surface area contributed by atoms with E-state index in [9.17, 15) is 4.79 Å². The van der Waals surface area contributed by atoms with E-state index < -0.39 is 11.9 Å². The molecule has 0 saturated carbocycles. The first-order valence-corrected chi connectivity index (χ1v) is 6.81. The maximum absolute atomic E-state index is 11.0. The summed E-state index contributed by atoms with van der Waals surface area (Å²) in [5.74, 6) is -0.956.